The number of aromatic nitrogens is 4. The first-order valence-electron chi connectivity index (χ1n) is 8.61. The van der Waals surface area contributed by atoms with Gasteiger partial charge in [-0.05, 0) is 24.8 Å². The average Bonchev–Trinajstić information content (AvgIpc) is 3.07. The molecule has 1 amide bonds. The smallest absolute Gasteiger partial charge is 0.263 e. The number of hydrogen-bond donors (Lipinski definition) is 0. The Morgan fingerprint density at radius 2 is 1.92 bits per heavy atom. The van der Waals surface area contributed by atoms with E-state index in [4.69, 9.17) is 0 Å². The molecule has 7 nitrogen and oxygen atoms in total. The van der Waals surface area contributed by atoms with E-state index in [9.17, 15) is 4.79 Å². The Bertz CT molecular complexity index is 918. The minimum Gasteiger partial charge on any atom is -0.356 e. The van der Waals surface area contributed by atoms with Crippen LogP contribution in [-0.4, -0.2) is 57.9 Å². The molecule has 0 unspecified atom stereocenters. The molecule has 0 bridgehead atoms. The summed E-state index contributed by atoms with van der Waals surface area (Å²) in [6, 6.07) is 1.94. The quantitative estimate of drug-likeness (QED) is 0.707. The number of rotatable bonds is 3. The van der Waals surface area contributed by atoms with Crippen molar-refractivity contribution in [2.24, 2.45) is 0 Å². The van der Waals surface area contributed by atoms with Crippen molar-refractivity contribution in [3.8, 4) is 0 Å². The molecule has 4 heterocycles. The van der Waals surface area contributed by atoms with Crippen molar-refractivity contribution in [1.29, 1.82) is 0 Å². The summed E-state index contributed by atoms with van der Waals surface area (Å²) in [5.41, 5.74) is 1.95. The fourth-order valence-corrected chi connectivity index (χ4v) is 4.66. The van der Waals surface area contributed by atoms with E-state index in [1.54, 1.807) is 43.9 Å². The van der Waals surface area contributed by atoms with Crippen molar-refractivity contribution in [2.75, 3.05) is 32.1 Å². The van der Waals surface area contributed by atoms with E-state index in [2.05, 4.69) is 24.8 Å². The SMILES string of the molecule is CN(C)C(=O)c1sc2nccnc2c1C1CCN(c2ccncn2)CC1. The van der Waals surface area contributed by atoms with Crippen LogP contribution in [0.25, 0.3) is 10.3 Å². The number of carbonyl (C=O) groups excluding carboxylic acids is 1. The highest BCUT2D eigenvalue weighted by molar-refractivity contribution is 7.20. The zero-order valence-corrected chi connectivity index (χ0v) is 15.6. The summed E-state index contributed by atoms with van der Waals surface area (Å²) in [4.78, 5) is 35.5. The summed E-state index contributed by atoms with van der Waals surface area (Å²) in [7, 11) is 3.57. The highest BCUT2D eigenvalue weighted by Gasteiger charge is 2.30. The van der Waals surface area contributed by atoms with Crippen molar-refractivity contribution in [3.05, 3.63) is 41.4 Å². The van der Waals surface area contributed by atoms with E-state index < -0.39 is 0 Å². The Balaban J connectivity index is 1.65. The topological polar surface area (TPSA) is 75.1 Å². The highest BCUT2D eigenvalue weighted by Crippen LogP contribution is 2.39. The Morgan fingerprint density at radius 3 is 2.62 bits per heavy atom. The number of thiophene rings is 1. The standard InChI is InChI=1S/C18H20N6OS/c1-23(2)18(25)16-14(15-17(26-16)21-8-7-20-15)12-4-9-24(10-5-12)13-3-6-19-11-22-13/h3,6-8,11-12H,4-5,9-10H2,1-2H3. The molecule has 0 aliphatic carbocycles. The highest BCUT2D eigenvalue weighted by atomic mass is 32.1. The van der Waals surface area contributed by atoms with Crippen LogP contribution in [0.4, 0.5) is 5.82 Å². The molecule has 134 valence electrons. The summed E-state index contributed by atoms with van der Waals surface area (Å²) < 4.78 is 0. The molecular weight excluding hydrogens is 348 g/mol. The van der Waals surface area contributed by atoms with Gasteiger partial charge in [0.05, 0.1) is 4.88 Å². The van der Waals surface area contributed by atoms with Gasteiger partial charge in [0, 0.05) is 51.3 Å². The monoisotopic (exact) mass is 368 g/mol. The van der Waals surface area contributed by atoms with Gasteiger partial charge in [0.1, 0.15) is 22.5 Å². The molecule has 1 fully saturated rings. The maximum Gasteiger partial charge on any atom is 0.263 e. The summed E-state index contributed by atoms with van der Waals surface area (Å²) in [6.45, 7) is 1.80. The van der Waals surface area contributed by atoms with Crippen LogP contribution >= 0.6 is 11.3 Å². The Hall–Kier alpha value is -2.61. The number of carbonyl (C=O) groups is 1. The minimum atomic E-state index is 0.0306. The fraction of sp³-hybridized carbons (Fsp3) is 0.389. The summed E-state index contributed by atoms with van der Waals surface area (Å²) in [5.74, 6) is 1.29. The summed E-state index contributed by atoms with van der Waals surface area (Å²) in [5, 5.41) is 0. The summed E-state index contributed by atoms with van der Waals surface area (Å²) >= 11 is 1.45. The van der Waals surface area contributed by atoms with E-state index in [0.29, 0.717) is 5.92 Å². The lowest BCUT2D eigenvalue weighted by Crippen LogP contribution is -2.34. The molecule has 0 N–H and O–H groups in total. The molecule has 0 radical (unpaired) electrons. The van der Waals surface area contributed by atoms with Gasteiger partial charge < -0.3 is 9.80 Å². The van der Waals surface area contributed by atoms with Gasteiger partial charge >= 0.3 is 0 Å². The number of piperidine rings is 1. The molecule has 0 aromatic carbocycles. The largest absolute Gasteiger partial charge is 0.356 e. The second kappa shape index (κ2) is 6.95. The molecule has 26 heavy (non-hydrogen) atoms. The molecule has 3 aromatic rings. The molecule has 3 aromatic heterocycles. The molecule has 0 spiro atoms. The van der Waals surface area contributed by atoms with E-state index in [1.165, 1.54) is 11.3 Å². The average molecular weight is 368 g/mol. The minimum absolute atomic E-state index is 0.0306. The normalized spacial score (nSPS) is 15.4. The molecule has 0 atom stereocenters. The Labute approximate surface area is 155 Å². The zero-order chi connectivity index (χ0) is 18.1. The van der Waals surface area contributed by atoms with Gasteiger partial charge in [0.2, 0.25) is 0 Å². The predicted molar refractivity (Wildman–Crippen MR) is 102 cm³/mol. The molecule has 8 heteroatoms. The van der Waals surface area contributed by atoms with Crippen molar-refractivity contribution in [1.82, 2.24) is 24.8 Å². The van der Waals surface area contributed by atoms with Gasteiger partial charge in [0.25, 0.3) is 5.91 Å². The van der Waals surface area contributed by atoms with Gasteiger partial charge in [-0.1, -0.05) is 0 Å². The number of fused-ring (bicyclic) bond motifs is 1. The molecule has 0 saturated carbocycles. The Kier molecular flexibility index (Phi) is 4.50. The van der Waals surface area contributed by atoms with Crippen LogP contribution < -0.4 is 4.90 Å². The second-order valence-electron chi connectivity index (χ2n) is 6.58. The van der Waals surface area contributed by atoms with E-state index in [1.807, 2.05) is 6.07 Å². The number of nitrogens with zero attached hydrogens (tertiary/aromatic N) is 6. The first-order valence-corrected chi connectivity index (χ1v) is 9.43. The molecule has 1 aliphatic heterocycles. The number of amides is 1. The van der Waals surface area contributed by atoms with Gasteiger partial charge in [-0.3, -0.25) is 9.78 Å². The first-order chi connectivity index (χ1) is 12.6. The molecule has 4 rings (SSSR count). The van der Waals surface area contributed by atoms with Crippen molar-refractivity contribution in [2.45, 2.75) is 18.8 Å². The molecule has 1 aliphatic rings. The van der Waals surface area contributed by atoms with E-state index >= 15 is 0 Å². The van der Waals surface area contributed by atoms with Crippen LogP contribution in [0, 0.1) is 0 Å². The van der Waals surface area contributed by atoms with Gasteiger partial charge in [0.15, 0.2) is 0 Å². The van der Waals surface area contributed by atoms with E-state index in [0.717, 1.165) is 52.5 Å². The number of anilines is 1. The van der Waals surface area contributed by atoms with E-state index in [-0.39, 0.29) is 5.91 Å². The Morgan fingerprint density at radius 1 is 1.15 bits per heavy atom. The van der Waals surface area contributed by atoms with Crippen LogP contribution in [0.2, 0.25) is 0 Å². The fourth-order valence-electron chi connectivity index (χ4n) is 3.45. The van der Waals surface area contributed by atoms with Crippen molar-refractivity contribution < 1.29 is 4.79 Å². The lowest BCUT2D eigenvalue weighted by atomic mass is 9.88. The zero-order valence-electron chi connectivity index (χ0n) is 14.8. The van der Waals surface area contributed by atoms with Crippen molar-refractivity contribution in [3.63, 3.8) is 0 Å². The van der Waals surface area contributed by atoms with Crippen LogP contribution in [-0.2, 0) is 0 Å². The van der Waals surface area contributed by atoms with Gasteiger partial charge in [-0.2, -0.15) is 0 Å². The molecule has 1 saturated heterocycles. The van der Waals surface area contributed by atoms with Gasteiger partial charge in [-0.15, -0.1) is 11.3 Å². The summed E-state index contributed by atoms with van der Waals surface area (Å²) in [6.07, 6.45) is 8.66. The lowest BCUT2D eigenvalue weighted by Gasteiger charge is -2.33. The number of hydrogen-bond acceptors (Lipinski definition) is 7. The van der Waals surface area contributed by atoms with Crippen LogP contribution in [0.15, 0.2) is 31.0 Å². The van der Waals surface area contributed by atoms with Crippen LogP contribution in [0.3, 0.4) is 0 Å². The van der Waals surface area contributed by atoms with Crippen LogP contribution in [0.1, 0.15) is 34.0 Å². The second-order valence-corrected chi connectivity index (χ2v) is 7.58. The maximum atomic E-state index is 12.7. The third kappa shape index (κ3) is 3.01. The molecular formula is C18H20N6OS. The van der Waals surface area contributed by atoms with Gasteiger partial charge in [-0.25, -0.2) is 15.0 Å². The third-order valence-electron chi connectivity index (χ3n) is 4.76. The van der Waals surface area contributed by atoms with Crippen molar-refractivity contribution >= 4 is 33.4 Å². The third-order valence-corrected chi connectivity index (χ3v) is 5.85. The maximum absolute atomic E-state index is 12.7. The first kappa shape index (κ1) is 16.8. The van der Waals surface area contributed by atoms with Crippen LogP contribution in [0.5, 0.6) is 0 Å². The predicted octanol–water partition coefficient (Wildman–Crippen LogP) is 2.57. The lowest BCUT2D eigenvalue weighted by molar-refractivity contribution is 0.0830.